The van der Waals surface area contributed by atoms with Gasteiger partial charge in [0.05, 0.1) is 10.5 Å². The van der Waals surface area contributed by atoms with Crippen LogP contribution < -0.4 is 0 Å². The number of hydrogen-bond donors (Lipinski definition) is 1. The molecule has 1 aliphatic rings. The smallest absolute Gasteiger partial charge is 0.308 e. The quantitative estimate of drug-likeness (QED) is 0.790. The predicted molar refractivity (Wildman–Crippen MR) is 59.4 cm³/mol. The van der Waals surface area contributed by atoms with Crippen molar-refractivity contribution < 1.29 is 9.90 Å². The fourth-order valence-electron chi connectivity index (χ4n) is 1.43. The molecule has 0 amide bonds. The lowest BCUT2D eigenvalue weighted by Crippen LogP contribution is -2.25. The molecule has 0 aromatic heterocycles. The molecular weight excluding hydrogens is 204 g/mol. The molecule has 0 spiro atoms. The van der Waals surface area contributed by atoms with E-state index >= 15 is 0 Å². The summed E-state index contributed by atoms with van der Waals surface area (Å²) < 4.78 is 0.297. The first kappa shape index (κ1) is 11.2. The Labute approximate surface area is 87.9 Å². The van der Waals surface area contributed by atoms with Gasteiger partial charge in [0.2, 0.25) is 0 Å². The molecule has 2 nitrogen and oxygen atoms in total. The van der Waals surface area contributed by atoms with Gasteiger partial charge in [-0.3, -0.25) is 4.79 Å². The van der Waals surface area contributed by atoms with Crippen molar-refractivity contribution in [3.8, 4) is 0 Å². The molecule has 1 N–H and O–H groups in total. The SMILES string of the molecule is CCCC(C(=O)O)C1SCCCS1. The van der Waals surface area contributed by atoms with Crippen LogP contribution in [0, 0.1) is 5.92 Å². The molecule has 1 unspecified atom stereocenters. The third kappa shape index (κ3) is 3.43. The van der Waals surface area contributed by atoms with Crippen LogP contribution in [-0.2, 0) is 4.79 Å². The normalized spacial score (nSPS) is 21.3. The van der Waals surface area contributed by atoms with Gasteiger partial charge in [-0.15, -0.1) is 23.5 Å². The first-order valence-electron chi connectivity index (χ1n) is 4.71. The minimum Gasteiger partial charge on any atom is -0.481 e. The third-order valence-electron chi connectivity index (χ3n) is 2.10. The first-order valence-corrected chi connectivity index (χ1v) is 6.81. The molecule has 1 atom stereocenters. The molecule has 0 aromatic rings. The number of rotatable bonds is 4. The molecule has 1 heterocycles. The largest absolute Gasteiger partial charge is 0.481 e. The fourth-order valence-corrected chi connectivity index (χ4v) is 4.63. The van der Waals surface area contributed by atoms with Gasteiger partial charge < -0.3 is 5.11 Å². The molecule has 1 aliphatic heterocycles. The molecule has 1 saturated heterocycles. The summed E-state index contributed by atoms with van der Waals surface area (Å²) in [6, 6.07) is 0. The summed E-state index contributed by atoms with van der Waals surface area (Å²) in [5.74, 6) is 1.50. The second-order valence-corrected chi connectivity index (χ2v) is 5.99. The molecule has 13 heavy (non-hydrogen) atoms. The van der Waals surface area contributed by atoms with E-state index in [1.807, 2.05) is 30.4 Å². The maximum atomic E-state index is 11.0. The zero-order chi connectivity index (χ0) is 9.68. The van der Waals surface area contributed by atoms with Gasteiger partial charge in [-0.2, -0.15) is 0 Å². The molecule has 4 heteroatoms. The summed E-state index contributed by atoms with van der Waals surface area (Å²) >= 11 is 3.64. The highest BCUT2D eigenvalue weighted by Crippen LogP contribution is 2.37. The minimum absolute atomic E-state index is 0.139. The molecule has 0 aliphatic carbocycles. The van der Waals surface area contributed by atoms with Crippen molar-refractivity contribution in [1.29, 1.82) is 0 Å². The number of carboxylic acid groups (broad SMARTS) is 1. The van der Waals surface area contributed by atoms with E-state index < -0.39 is 5.97 Å². The second kappa shape index (κ2) is 5.81. The molecule has 1 rings (SSSR count). The van der Waals surface area contributed by atoms with E-state index in [1.54, 1.807) is 0 Å². The molecule has 0 radical (unpaired) electrons. The van der Waals surface area contributed by atoms with Gasteiger partial charge in [-0.05, 0) is 24.3 Å². The number of aliphatic carboxylic acids is 1. The Hall–Kier alpha value is 0.170. The van der Waals surface area contributed by atoms with E-state index in [9.17, 15) is 4.79 Å². The zero-order valence-electron chi connectivity index (χ0n) is 7.86. The van der Waals surface area contributed by atoms with Gasteiger partial charge in [-0.25, -0.2) is 0 Å². The van der Waals surface area contributed by atoms with Crippen molar-refractivity contribution >= 4 is 29.5 Å². The van der Waals surface area contributed by atoms with E-state index in [1.165, 1.54) is 6.42 Å². The average molecular weight is 220 g/mol. The van der Waals surface area contributed by atoms with Gasteiger partial charge in [0, 0.05) is 0 Å². The van der Waals surface area contributed by atoms with Crippen LogP contribution in [0.4, 0.5) is 0 Å². The number of carbonyl (C=O) groups is 1. The van der Waals surface area contributed by atoms with Crippen molar-refractivity contribution in [2.75, 3.05) is 11.5 Å². The van der Waals surface area contributed by atoms with E-state index in [4.69, 9.17) is 5.11 Å². The van der Waals surface area contributed by atoms with Crippen LogP contribution in [-0.4, -0.2) is 27.2 Å². The highest BCUT2D eigenvalue weighted by molar-refractivity contribution is 8.17. The van der Waals surface area contributed by atoms with Gasteiger partial charge in [-0.1, -0.05) is 13.3 Å². The van der Waals surface area contributed by atoms with Crippen molar-refractivity contribution in [2.45, 2.75) is 30.8 Å². The van der Waals surface area contributed by atoms with Gasteiger partial charge in [0.25, 0.3) is 0 Å². The van der Waals surface area contributed by atoms with Gasteiger partial charge >= 0.3 is 5.97 Å². The molecule has 1 fully saturated rings. The molecule has 0 saturated carbocycles. The molecule has 0 bridgehead atoms. The Balaban J connectivity index is 2.46. The van der Waals surface area contributed by atoms with Gasteiger partial charge in [0.15, 0.2) is 0 Å². The third-order valence-corrected chi connectivity index (χ3v) is 5.28. The maximum absolute atomic E-state index is 11.0. The Bertz CT molecular complexity index is 167. The van der Waals surface area contributed by atoms with Crippen LogP contribution in [0.1, 0.15) is 26.2 Å². The minimum atomic E-state index is -0.617. The number of carboxylic acids is 1. The maximum Gasteiger partial charge on any atom is 0.308 e. The Morgan fingerprint density at radius 1 is 1.54 bits per heavy atom. The summed E-state index contributed by atoms with van der Waals surface area (Å²) in [7, 11) is 0. The van der Waals surface area contributed by atoms with Crippen LogP contribution in [0.3, 0.4) is 0 Å². The monoisotopic (exact) mass is 220 g/mol. The Kier molecular flexibility index (Phi) is 5.02. The number of thioether (sulfide) groups is 2. The summed E-state index contributed by atoms with van der Waals surface area (Å²) in [4.78, 5) is 11.0. The number of hydrogen-bond acceptors (Lipinski definition) is 3. The van der Waals surface area contributed by atoms with E-state index in [-0.39, 0.29) is 5.92 Å². The van der Waals surface area contributed by atoms with Crippen molar-refractivity contribution in [3.63, 3.8) is 0 Å². The summed E-state index contributed by atoms with van der Waals surface area (Å²) in [6.07, 6.45) is 3.01. The predicted octanol–water partition coefficient (Wildman–Crippen LogP) is 2.68. The fraction of sp³-hybridized carbons (Fsp3) is 0.889. The summed E-state index contributed by atoms with van der Waals surface area (Å²) in [5.41, 5.74) is 0. The van der Waals surface area contributed by atoms with Gasteiger partial charge in [0.1, 0.15) is 0 Å². The standard InChI is InChI=1S/C9H16O2S2/c1-2-4-7(8(10)11)9-12-5-3-6-13-9/h7,9H,2-6H2,1H3,(H,10,11). The molecular formula is C9H16O2S2. The van der Waals surface area contributed by atoms with E-state index in [0.717, 1.165) is 24.3 Å². The summed E-state index contributed by atoms with van der Waals surface area (Å²) in [5, 5.41) is 9.03. The highest BCUT2D eigenvalue weighted by Gasteiger charge is 2.29. The van der Waals surface area contributed by atoms with Crippen molar-refractivity contribution in [3.05, 3.63) is 0 Å². The summed E-state index contributed by atoms with van der Waals surface area (Å²) in [6.45, 7) is 2.05. The first-order chi connectivity index (χ1) is 6.25. The van der Waals surface area contributed by atoms with Crippen LogP contribution in [0.5, 0.6) is 0 Å². The van der Waals surface area contributed by atoms with Crippen molar-refractivity contribution in [2.24, 2.45) is 5.92 Å². The molecule has 0 aromatic carbocycles. The van der Waals surface area contributed by atoms with Crippen LogP contribution in [0.15, 0.2) is 0 Å². The average Bonchev–Trinajstić information content (AvgIpc) is 2.15. The van der Waals surface area contributed by atoms with E-state index in [2.05, 4.69) is 0 Å². The lowest BCUT2D eigenvalue weighted by Gasteiger charge is -2.26. The molecule has 76 valence electrons. The van der Waals surface area contributed by atoms with E-state index in [0.29, 0.717) is 4.58 Å². The lowest BCUT2D eigenvalue weighted by molar-refractivity contribution is -0.141. The van der Waals surface area contributed by atoms with Crippen LogP contribution in [0.2, 0.25) is 0 Å². The topological polar surface area (TPSA) is 37.3 Å². The Morgan fingerprint density at radius 3 is 2.62 bits per heavy atom. The highest BCUT2D eigenvalue weighted by atomic mass is 32.2. The van der Waals surface area contributed by atoms with Crippen LogP contribution in [0.25, 0.3) is 0 Å². The Morgan fingerprint density at radius 2 is 2.15 bits per heavy atom. The second-order valence-electron chi connectivity index (χ2n) is 3.20. The van der Waals surface area contributed by atoms with Crippen LogP contribution >= 0.6 is 23.5 Å². The lowest BCUT2D eigenvalue weighted by atomic mass is 10.1. The van der Waals surface area contributed by atoms with Crippen molar-refractivity contribution in [1.82, 2.24) is 0 Å². The zero-order valence-corrected chi connectivity index (χ0v) is 9.50.